The van der Waals surface area contributed by atoms with Crippen LogP contribution in [0, 0.1) is 5.92 Å². The van der Waals surface area contributed by atoms with Gasteiger partial charge < -0.3 is 4.74 Å². The van der Waals surface area contributed by atoms with Crippen molar-refractivity contribution in [3.63, 3.8) is 0 Å². The molecule has 19 heavy (non-hydrogen) atoms. The van der Waals surface area contributed by atoms with Crippen LogP contribution in [-0.4, -0.2) is 24.6 Å². The molecule has 0 radical (unpaired) electrons. The molecule has 0 aromatic heterocycles. The van der Waals surface area contributed by atoms with Crippen LogP contribution in [0.15, 0.2) is 18.2 Å². The fourth-order valence-corrected chi connectivity index (χ4v) is 2.43. The van der Waals surface area contributed by atoms with Crippen LogP contribution in [0.1, 0.15) is 34.8 Å². The smallest absolute Gasteiger partial charge is 0.375 e. The van der Waals surface area contributed by atoms with Crippen LogP contribution in [0.2, 0.25) is 0 Å². The number of carbonyl (C=O) groups is 3. The third kappa shape index (κ3) is 2.43. The third-order valence-corrected chi connectivity index (χ3v) is 3.57. The molecule has 100 valence electrons. The summed E-state index contributed by atoms with van der Waals surface area (Å²) in [6.45, 7) is 2.05. The van der Waals surface area contributed by atoms with Crippen molar-refractivity contribution in [3.05, 3.63) is 34.9 Å². The number of fused-ring (bicyclic) bond motifs is 1. The second kappa shape index (κ2) is 5.34. The summed E-state index contributed by atoms with van der Waals surface area (Å²) in [7, 11) is 1.15. The van der Waals surface area contributed by atoms with E-state index in [-0.39, 0.29) is 5.78 Å². The van der Waals surface area contributed by atoms with E-state index in [0.717, 1.165) is 19.1 Å². The van der Waals surface area contributed by atoms with Crippen LogP contribution >= 0.6 is 0 Å². The number of Topliss-reactive ketones (excluding diaryl/α,β-unsaturated/α-hetero) is 2. The summed E-state index contributed by atoms with van der Waals surface area (Å²) in [6.07, 6.45) is 1.93. The Morgan fingerprint density at radius 3 is 2.74 bits per heavy atom. The van der Waals surface area contributed by atoms with Crippen molar-refractivity contribution in [2.24, 2.45) is 5.92 Å². The Balaban J connectivity index is 2.30. The lowest BCUT2D eigenvalue weighted by Crippen LogP contribution is -2.34. The van der Waals surface area contributed by atoms with Crippen molar-refractivity contribution in [1.82, 2.24) is 0 Å². The average molecular weight is 260 g/mol. The number of aryl methyl sites for hydroxylation is 2. The monoisotopic (exact) mass is 260 g/mol. The first-order valence-electron chi connectivity index (χ1n) is 6.36. The summed E-state index contributed by atoms with van der Waals surface area (Å²) < 4.78 is 4.40. The topological polar surface area (TPSA) is 60.4 Å². The van der Waals surface area contributed by atoms with Crippen molar-refractivity contribution in [2.45, 2.75) is 26.2 Å². The lowest BCUT2D eigenvalue weighted by Gasteiger charge is -2.22. The first-order valence-corrected chi connectivity index (χ1v) is 6.36. The summed E-state index contributed by atoms with van der Waals surface area (Å²) in [4.78, 5) is 35.3. The Bertz CT molecular complexity index is 545. The van der Waals surface area contributed by atoms with E-state index in [2.05, 4.69) is 11.7 Å². The van der Waals surface area contributed by atoms with Gasteiger partial charge in [-0.25, -0.2) is 4.79 Å². The fraction of sp³-hybridized carbons (Fsp3) is 0.400. The normalized spacial score (nSPS) is 17.8. The highest BCUT2D eigenvalue weighted by Crippen LogP contribution is 2.27. The minimum atomic E-state index is -0.938. The number of hydrogen-bond donors (Lipinski definition) is 0. The molecule has 0 N–H and O–H groups in total. The molecule has 1 aromatic carbocycles. The van der Waals surface area contributed by atoms with Gasteiger partial charge in [-0.05, 0) is 30.4 Å². The van der Waals surface area contributed by atoms with Crippen LogP contribution in [0.5, 0.6) is 0 Å². The number of carbonyl (C=O) groups excluding carboxylic acids is 3. The number of ether oxygens (including phenoxy) is 1. The molecule has 1 aromatic rings. The maximum Gasteiger partial charge on any atom is 0.375 e. The van der Waals surface area contributed by atoms with E-state index in [4.69, 9.17) is 0 Å². The van der Waals surface area contributed by atoms with E-state index < -0.39 is 17.7 Å². The molecular formula is C15H16O4. The van der Waals surface area contributed by atoms with Crippen molar-refractivity contribution in [2.75, 3.05) is 7.11 Å². The maximum absolute atomic E-state index is 12.2. The molecule has 0 saturated heterocycles. The average Bonchev–Trinajstić information content (AvgIpc) is 2.45. The molecule has 1 aliphatic carbocycles. The first kappa shape index (κ1) is 13.5. The fourth-order valence-electron chi connectivity index (χ4n) is 2.43. The van der Waals surface area contributed by atoms with Gasteiger partial charge in [-0.1, -0.05) is 25.1 Å². The van der Waals surface area contributed by atoms with Gasteiger partial charge in [-0.2, -0.15) is 0 Å². The zero-order valence-electron chi connectivity index (χ0n) is 11.1. The lowest BCUT2D eigenvalue weighted by atomic mass is 9.80. The molecule has 2 rings (SSSR count). The highest BCUT2D eigenvalue weighted by Gasteiger charge is 2.36. The van der Waals surface area contributed by atoms with E-state index >= 15 is 0 Å². The molecule has 0 aliphatic heterocycles. The highest BCUT2D eigenvalue weighted by molar-refractivity contribution is 6.39. The predicted octanol–water partition coefficient (Wildman–Crippen LogP) is 1.74. The van der Waals surface area contributed by atoms with E-state index in [0.29, 0.717) is 18.4 Å². The molecule has 1 unspecified atom stereocenters. The van der Waals surface area contributed by atoms with Gasteiger partial charge >= 0.3 is 5.97 Å². The molecule has 0 heterocycles. The Hall–Kier alpha value is -1.97. The molecule has 0 saturated carbocycles. The minimum absolute atomic E-state index is 0.265. The number of hydrogen-bond acceptors (Lipinski definition) is 4. The Labute approximate surface area is 111 Å². The van der Waals surface area contributed by atoms with E-state index in [1.807, 2.05) is 12.1 Å². The van der Waals surface area contributed by atoms with Crippen molar-refractivity contribution in [3.8, 4) is 0 Å². The summed E-state index contributed by atoms with van der Waals surface area (Å²) in [5, 5.41) is 0. The summed E-state index contributed by atoms with van der Waals surface area (Å²) >= 11 is 0. The summed E-state index contributed by atoms with van der Waals surface area (Å²) in [5.74, 6) is -2.82. The summed E-state index contributed by atoms with van der Waals surface area (Å²) in [5.41, 5.74) is 2.70. The molecule has 0 bridgehead atoms. The van der Waals surface area contributed by atoms with Gasteiger partial charge in [0, 0.05) is 5.56 Å². The van der Waals surface area contributed by atoms with Crippen molar-refractivity contribution in [1.29, 1.82) is 0 Å². The quantitative estimate of drug-likeness (QED) is 0.472. The predicted molar refractivity (Wildman–Crippen MR) is 69.0 cm³/mol. The van der Waals surface area contributed by atoms with Gasteiger partial charge in [0.15, 0.2) is 5.78 Å². The number of methoxy groups -OCH3 is 1. The number of ketones is 2. The van der Waals surface area contributed by atoms with Gasteiger partial charge in [0.05, 0.1) is 13.0 Å². The molecule has 0 spiro atoms. The number of benzene rings is 1. The second-order valence-corrected chi connectivity index (χ2v) is 4.66. The van der Waals surface area contributed by atoms with Gasteiger partial charge in [-0.3, -0.25) is 9.59 Å². The van der Waals surface area contributed by atoms with Crippen molar-refractivity contribution < 1.29 is 19.1 Å². The van der Waals surface area contributed by atoms with E-state index in [1.54, 1.807) is 6.07 Å². The van der Waals surface area contributed by atoms with Crippen LogP contribution in [0.3, 0.4) is 0 Å². The highest BCUT2D eigenvalue weighted by atomic mass is 16.5. The molecular weight excluding hydrogens is 244 g/mol. The summed E-state index contributed by atoms with van der Waals surface area (Å²) in [6, 6.07) is 5.65. The van der Waals surface area contributed by atoms with Gasteiger partial charge in [0.1, 0.15) is 0 Å². The molecule has 0 fully saturated rings. The van der Waals surface area contributed by atoms with Crippen LogP contribution in [0.4, 0.5) is 0 Å². The van der Waals surface area contributed by atoms with Gasteiger partial charge in [0.2, 0.25) is 0 Å². The largest absolute Gasteiger partial charge is 0.463 e. The molecule has 0 amide bonds. The van der Waals surface area contributed by atoms with Crippen LogP contribution in [-0.2, 0) is 27.2 Å². The van der Waals surface area contributed by atoms with Crippen LogP contribution < -0.4 is 0 Å². The van der Waals surface area contributed by atoms with Crippen molar-refractivity contribution >= 4 is 17.5 Å². The maximum atomic E-state index is 12.2. The molecule has 4 nitrogen and oxygen atoms in total. The van der Waals surface area contributed by atoms with E-state index in [1.165, 1.54) is 5.56 Å². The molecule has 1 atom stereocenters. The minimum Gasteiger partial charge on any atom is -0.463 e. The molecule has 1 aliphatic rings. The van der Waals surface area contributed by atoms with Crippen LogP contribution in [0.25, 0.3) is 0 Å². The standard InChI is InChI=1S/C15H16O4/c1-3-9-4-6-11-10(8-9)5-7-12(13(11)16)14(17)15(18)19-2/h4,6,8,12H,3,5,7H2,1-2H3. The third-order valence-electron chi connectivity index (χ3n) is 3.57. The lowest BCUT2D eigenvalue weighted by molar-refractivity contribution is -0.153. The number of esters is 1. The zero-order valence-corrected chi connectivity index (χ0v) is 11.1. The Morgan fingerprint density at radius 2 is 2.11 bits per heavy atom. The SMILES string of the molecule is CCc1ccc2c(c1)CCC(C(=O)C(=O)OC)C2=O. The number of rotatable bonds is 3. The first-order chi connectivity index (χ1) is 9.08. The zero-order chi connectivity index (χ0) is 14.0. The Kier molecular flexibility index (Phi) is 3.79. The molecule has 4 heteroatoms. The van der Waals surface area contributed by atoms with Gasteiger partial charge in [-0.15, -0.1) is 0 Å². The van der Waals surface area contributed by atoms with E-state index in [9.17, 15) is 14.4 Å². The second-order valence-electron chi connectivity index (χ2n) is 4.66. The Morgan fingerprint density at radius 1 is 1.37 bits per heavy atom. The van der Waals surface area contributed by atoms with Gasteiger partial charge in [0.25, 0.3) is 5.78 Å².